The van der Waals surface area contributed by atoms with Gasteiger partial charge in [-0.3, -0.25) is 14.5 Å². The first kappa shape index (κ1) is 20.6. The highest BCUT2D eigenvalue weighted by Crippen LogP contribution is 2.22. The van der Waals surface area contributed by atoms with Gasteiger partial charge in [-0.15, -0.1) is 0 Å². The van der Waals surface area contributed by atoms with Gasteiger partial charge in [-0.2, -0.15) is 0 Å². The number of carbonyl (C=O) groups is 3. The monoisotopic (exact) mass is 419 g/mol. The van der Waals surface area contributed by atoms with Gasteiger partial charge in [0.1, 0.15) is 6.04 Å². The molecule has 1 unspecified atom stereocenters. The Morgan fingerprint density at radius 1 is 1.16 bits per heavy atom. The summed E-state index contributed by atoms with van der Waals surface area (Å²) in [6.45, 7) is 0.675. The zero-order valence-corrected chi connectivity index (χ0v) is 17.3. The molecule has 0 spiro atoms. The van der Waals surface area contributed by atoms with Crippen LogP contribution in [0.4, 0.5) is 4.79 Å². The molecule has 1 aliphatic rings. The van der Waals surface area contributed by atoms with Gasteiger partial charge >= 0.3 is 6.03 Å². The Bertz CT molecular complexity index is 1150. The highest BCUT2D eigenvalue weighted by Gasteiger charge is 2.37. The number of H-pyrrole nitrogens is 1. The van der Waals surface area contributed by atoms with Crippen LogP contribution in [-0.2, 0) is 24.2 Å². The van der Waals surface area contributed by atoms with Crippen molar-refractivity contribution in [2.24, 2.45) is 5.73 Å². The van der Waals surface area contributed by atoms with Crippen LogP contribution in [0.3, 0.4) is 0 Å². The Labute approximate surface area is 179 Å². The fourth-order valence-corrected chi connectivity index (χ4v) is 3.95. The van der Waals surface area contributed by atoms with Gasteiger partial charge < -0.3 is 21.4 Å². The summed E-state index contributed by atoms with van der Waals surface area (Å²) in [7, 11) is 1.56. The van der Waals surface area contributed by atoms with E-state index in [4.69, 9.17) is 5.73 Å². The molecule has 0 saturated carbocycles. The van der Waals surface area contributed by atoms with Crippen LogP contribution in [0.5, 0.6) is 0 Å². The second-order valence-corrected chi connectivity index (χ2v) is 7.64. The molecule has 2 heterocycles. The van der Waals surface area contributed by atoms with Crippen molar-refractivity contribution in [3.05, 3.63) is 70.9 Å². The predicted molar refractivity (Wildman–Crippen MR) is 117 cm³/mol. The predicted octanol–water partition coefficient (Wildman–Crippen LogP) is 1.69. The second-order valence-electron chi connectivity index (χ2n) is 7.64. The third kappa shape index (κ3) is 4.15. The molecular weight excluding hydrogens is 394 g/mol. The van der Waals surface area contributed by atoms with E-state index in [0.29, 0.717) is 24.1 Å². The Balaban J connectivity index is 1.49. The van der Waals surface area contributed by atoms with Crippen molar-refractivity contribution in [3.63, 3.8) is 0 Å². The number of imide groups is 1. The molecule has 4 amide bonds. The summed E-state index contributed by atoms with van der Waals surface area (Å²) in [5.74, 6) is -0.488. The minimum atomic E-state index is -0.621. The summed E-state index contributed by atoms with van der Waals surface area (Å²) >= 11 is 0. The average Bonchev–Trinajstić information content (AvgIpc) is 3.29. The van der Waals surface area contributed by atoms with Crippen molar-refractivity contribution in [2.45, 2.75) is 25.4 Å². The van der Waals surface area contributed by atoms with Crippen molar-refractivity contribution in [1.29, 1.82) is 0 Å². The van der Waals surface area contributed by atoms with Crippen molar-refractivity contribution in [2.75, 3.05) is 13.6 Å². The summed E-state index contributed by atoms with van der Waals surface area (Å²) < 4.78 is 0. The molecule has 1 aliphatic heterocycles. The first-order valence-electron chi connectivity index (χ1n) is 10.2. The van der Waals surface area contributed by atoms with E-state index in [1.807, 2.05) is 24.4 Å². The summed E-state index contributed by atoms with van der Waals surface area (Å²) in [6.07, 6.45) is 3.13. The number of rotatable bonds is 7. The Morgan fingerprint density at radius 2 is 2.00 bits per heavy atom. The molecule has 4 rings (SSSR count). The molecule has 0 radical (unpaired) electrons. The van der Waals surface area contributed by atoms with Crippen LogP contribution in [-0.4, -0.2) is 47.4 Å². The van der Waals surface area contributed by atoms with Crippen molar-refractivity contribution in [1.82, 2.24) is 20.5 Å². The van der Waals surface area contributed by atoms with Crippen LogP contribution in [0.1, 0.15) is 27.0 Å². The number of fused-ring (bicyclic) bond motifs is 1. The van der Waals surface area contributed by atoms with Crippen molar-refractivity contribution < 1.29 is 14.4 Å². The normalized spacial score (nSPS) is 16.1. The summed E-state index contributed by atoms with van der Waals surface area (Å²) in [4.78, 5) is 41.7. The number of nitrogens with zero attached hydrogens (tertiary/aromatic N) is 1. The highest BCUT2D eigenvalue weighted by molar-refractivity contribution is 6.04. The molecule has 160 valence electrons. The van der Waals surface area contributed by atoms with Gasteiger partial charge in [0.25, 0.3) is 11.8 Å². The van der Waals surface area contributed by atoms with Crippen LogP contribution in [0.15, 0.2) is 48.7 Å². The third-order valence-corrected chi connectivity index (χ3v) is 5.55. The number of hydrogen-bond donors (Lipinski definition) is 4. The maximum atomic E-state index is 12.9. The summed E-state index contributed by atoms with van der Waals surface area (Å²) in [6, 6.07) is 11.8. The first-order valence-corrected chi connectivity index (χ1v) is 10.2. The Morgan fingerprint density at radius 3 is 2.77 bits per heavy atom. The molecule has 2 aromatic carbocycles. The molecule has 31 heavy (non-hydrogen) atoms. The minimum absolute atomic E-state index is 0.115. The van der Waals surface area contributed by atoms with E-state index in [9.17, 15) is 14.4 Å². The van der Waals surface area contributed by atoms with Gasteiger partial charge in [-0.1, -0.05) is 18.2 Å². The van der Waals surface area contributed by atoms with Crippen molar-refractivity contribution in [3.8, 4) is 0 Å². The molecule has 8 nitrogen and oxygen atoms in total. The molecule has 1 atom stereocenters. The molecule has 5 N–H and O–H groups in total. The van der Waals surface area contributed by atoms with Crippen molar-refractivity contribution >= 4 is 28.7 Å². The fraction of sp³-hybridized carbons (Fsp3) is 0.261. The number of benzene rings is 2. The molecule has 0 bridgehead atoms. The maximum absolute atomic E-state index is 12.9. The number of nitrogens with one attached hydrogen (secondary N) is 3. The Kier molecular flexibility index (Phi) is 5.73. The fourth-order valence-electron chi connectivity index (χ4n) is 3.95. The van der Waals surface area contributed by atoms with Gasteiger partial charge in [-0.05, 0) is 53.9 Å². The molecule has 1 saturated heterocycles. The zero-order valence-electron chi connectivity index (χ0n) is 17.3. The zero-order chi connectivity index (χ0) is 22.0. The van der Waals surface area contributed by atoms with E-state index in [0.717, 1.165) is 28.5 Å². The summed E-state index contributed by atoms with van der Waals surface area (Å²) in [5, 5.41) is 6.44. The van der Waals surface area contributed by atoms with Gasteiger partial charge in [0, 0.05) is 36.1 Å². The largest absolute Gasteiger partial charge is 0.361 e. The maximum Gasteiger partial charge on any atom is 0.325 e. The number of aromatic nitrogens is 1. The second kappa shape index (κ2) is 8.61. The lowest BCUT2D eigenvalue weighted by molar-refractivity contribution is -0.127. The lowest BCUT2D eigenvalue weighted by Gasteiger charge is -2.14. The number of aromatic amines is 1. The topological polar surface area (TPSA) is 120 Å². The van der Waals surface area contributed by atoms with Gasteiger partial charge in [0.2, 0.25) is 0 Å². The minimum Gasteiger partial charge on any atom is -0.361 e. The molecular formula is C23H25N5O3. The van der Waals surface area contributed by atoms with Gasteiger partial charge in [0.15, 0.2) is 0 Å². The average molecular weight is 419 g/mol. The summed E-state index contributed by atoms with van der Waals surface area (Å²) in [5.41, 5.74) is 10.0. The van der Waals surface area contributed by atoms with E-state index in [1.54, 1.807) is 31.3 Å². The number of amides is 4. The molecule has 1 aromatic heterocycles. The number of nitrogens with two attached hydrogens (primary N) is 1. The van der Waals surface area contributed by atoms with Crippen LogP contribution < -0.4 is 16.4 Å². The quantitative estimate of drug-likeness (QED) is 0.436. The van der Waals surface area contributed by atoms with E-state index in [2.05, 4.69) is 15.6 Å². The number of hydrogen-bond acceptors (Lipinski definition) is 4. The van der Waals surface area contributed by atoms with E-state index < -0.39 is 12.1 Å². The number of carbonyl (C=O) groups excluding carboxylic acids is 3. The van der Waals surface area contributed by atoms with E-state index >= 15 is 0 Å². The lowest BCUT2D eigenvalue weighted by Crippen LogP contribution is -2.32. The Hall–Kier alpha value is -3.65. The molecule has 8 heteroatoms. The van der Waals surface area contributed by atoms with Crippen LogP contribution >= 0.6 is 0 Å². The smallest absolute Gasteiger partial charge is 0.325 e. The SMILES string of the molecule is CNC(=O)c1cccc(CN2C(=O)NC(Cc3ccc4[nH]cc(CCN)c4c3)C2=O)c1. The molecule has 0 aliphatic carbocycles. The third-order valence-electron chi connectivity index (χ3n) is 5.55. The van der Waals surface area contributed by atoms with Gasteiger partial charge in [-0.25, -0.2) is 4.79 Å². The molecule has 1 fully saturated rings. The standard InChI is InChI=1S/C23H25N5O3/c1-25-21(29)16-4-2-3-15(9-16)13-28-22(30)20(27-23(28)31)11-14-5-6-19-18(10-14)17(7-8-24)12-26-19/h2-6,9-10,12,20,26H,7-8,11,13,24H2,1H3,(H,25,29)(H,27,31). The van der Waals surface area contributed by atoms with E-state index in [1.165, 1.54) is 4.90 Å². The van der Waals surface area contributed by atoms with E-state index in [-0.39, 0.29) is 18.4 Å². The van der Waals surface area contributed by atoms with Crippen LogP contribution in [0.2, 0.25) is 0 Å². The molecule has 3 aromatic rings. The lowest BCUT2D eigenvalue weighted by atomic mass is 10.0. The van der Waals surface area contributed by atoms with Crippen LogP contribution in [0.25, 0.3) is 10.9 Å². The van der Waals surface area contributed by atoms with Crippen LogP contribution in [0, 0.1) is 0 Å². The highest BCUT2D eigenvalue weighted by atomic mass is 16.2. The van der Waals surface area contributed by atoms with Gasteiger partial charge in [0.05, 0.1) is 6.54 Å². The first-order chi connectivity index (χ1) is 15.0. The number of urea groups is 1.